The molecule has 0 bridgehead atoms. The first-order chi connectivity index (χ1) is 10.2. The minimum Gasteiger partial charge on any atom is -0.393 e. The highest BCUT2D eigenvalue weighted by molar-refractivity contribution is 5.87. The van der Waals surface area contributed by atoms with Crippen LogP contribution in [0.25, 0.3) is 10.9 Å². The van der Waals surface area contributed by atoms with Gasteiger partial charge < -0.3 is 10.4 Å². The molecule has 2 N–H and O–H groups in total. The number of aromatic nitrogens is 1. The Hall–Kier alpha value is -1.94. The van der Waals surface area contributed by atoms with Crippen LogP contribution < -0.4 is 5.32 Å². The molecule has 1 fully saturated rings. The molecule has 1 heterocycles. The second-order valence-corrected chi connectivity index (χ2v) is 5.74. The van der Waals surface area contributed by atoms with Gasteiger partial charge in [0.25, 0.3) is 0 Å². The lowest BCUT2D eigenvalue weighted by Gasteiger charge is -2.26. The van der Waals surface area contributed by atoms with Crippen molar-refractivity contribution in [2.75, 3.05) is 0 Å². The number of aliphatic hydroxyl groups excluding tert-OH is 1. The average molecular weight is 284 g/mol. The van der Waals surface area contributed by atoms with Gasteiger partial charge in [-0.1, -0.05) is 24.3 Å². The maximum absolute atomic E-state index is 12.2. The van der Waals surface area contributed by atoms with Crippen molar-refractivity contribution in [3.63, 3.8) is 0 Å². The van der Waals surface area contributed by atoms with Crippen molar-refractivity contribution in [3.05, 3.63) is 42.1 Å². The normalized spacial score (nSPS) is 22.1. The molecule has 0 unspecified atom stereocenters. The number of para-hydroxylation sites is 1. The molecule has 1 aromatic heterocycles. The number of carbonyl (C=O) groups is 1. The Balaban J connectivity index is 1.66. The van der Waals surface area contributed by atoms with Crippen molar-refractivity contribution < 1.29 is 9.90 Å². The number of aliphatic hydroxyl groups is 1. The van der Waals surface area contributed by atoms with Gasteiger partial charge in [0, 0.05) is 17.6 Å². The first-order valence-corrected chi connectivity index (χ1v) is 7.52. The molecule has 1 aliphatic rings. The summed E-state index contributed by atoms with van der Waals surface area (Å²) in [5.74, 6) is 0.0366. The number of nitrogens with one attached hydrogen (secondary N) is 1. The standard InChI is InChI=1S/C17H20N2O2/c20-15-8-6-14(7-9-15)19-16(21)11-13-4-1-3-12-5-2-10-18-17(12)13/h1-5,10,14-15,20H,6-9,11H2,(H,19,21). The topological polar surface area (TPSA) is 62.2 Å². The van der Waals surface area contributed by atoms with Crippen LogP contribution in [-0.4, -0.2) is 28.1 Å². The summed E-state index contributed by atoms with van der Waals surface area (Å²) in [7, 11) is 0. The third kappa shape index (κ3) is 3.39. The number of carbonyl (C=O) groups excluding carboxylic acids is 1. The quantitative estimate of drug-likeness (QED) is 0.908. The molecule has 4 heteroatoms. The van der Waals surface area contributed by atoms with Crippen molar-refractivity contribution in [2.45, 2.75) is 44.2 Å². The van der Waals surface area contributed by atoms with Crippen LogP contribution >= 0.6 is 0 Å². The smallest absolute Gasteiger partial charge is 0.224 e. The van der Waals surface area contributed by atoms with E-state index in [0.29, 0.717) is 6.42 Å². The third-order valence-electron chi connectivity index (χ3n) is 4.13. The van der Waals surface area contributed by atoms with Gasteiger partial charge in [0.15, 0.2) is 0 Å². The van der Waals surface area contributed by atoms with Crippen LogP contribution in [0.3, 0.4) is 0 Å². The monoisotopic (exact) mass is 284 g/mol. The Morgan fingerprint density at radius 3 is 2.76 bits per heavy atom. The molecule has 21 heavy (non-hydrogen) atoms. The molecule has 0 aliphatic heterocycles. The van der Waals surface area contributed by atoms with E-state index in [1.54, 1.807) is 6.20 Å². The summed E-state index contributed by atoms with van der Waals surface area (Å²) < 4.78 is 0. The number of benzene rings is 1. The van der Waals surface area contributed by atoms with Crippen LogP contribution in [0.1, 0.15) is 31.2 Å². The lowest BCUT2D eigenvalue weighted by Crippen LogP contribution is -2.39. The molecule has 1 aromatic carbocycles. The van der Waals surface area contributed by atoms with E-state index in [1.807, 2.05) is 30.3 Å². The molecular weight excluding hydrogens is 264 g/mol. The second kappa shape index (κ2) is 6.22. The van der Waals surface area contributed by atoms with Crippen LogP contribution in [-0.2, 0) is 11.2 Å². The van der Waals surface area contributed by atoms with Crippen molar-refractivity contribution in [1.82, 2.24) is 10.3 Å². The summed E-state index contributed by atoms with van der Waals surface area (Å²) in [5.41, 5.74) is 1.86. The van der Waals surface area contributed by atoms with Crippen LogP contribution in [0, 0.1) is 0 Å². The molecule has 0 saturated heterocycles. The number of rotatable bonds is 3. The van der Waals surface area contributed by atoms with Gasteiger partial charge in [-0.15, -0.1) is 0 Å². The third-order valence-corrected chi connectivity index (χ3v) is 4.13. The van der Waals surface area contributed by atoms with Gasteiger partial charge in [-0.3, -0.25) is 9.78 Å². The molecule has 1 saturated carbocycles. The molecule has 1 amide bonds. The number of pyridine rings is 1. The van der Waals surface area contributed by atoms with Crippen molar-refractivity contribution >= 4 is 16.8 Å². The Labute approximate surface area is 124 Å². The number of fused-ring (bicyclic) bond motifs is 1. The SMILES string of the molecule is O=C(Cc1cccc2cccnc12)NC1CCC(O)CC1. The lowest BCUT2D eigenvalue weighted by molar-refractivity contribution is -0.121. The van der Waals surface area contributed by atoms with Gasteiger partial charge in [0.05, 0.1) is 18.0 Å². The summed E-state index contributed by atoms with van der Waals surface area (Å²) in [6.07, 6.45) is 5.20. The lowest BCUT2D eigenvalue weighted by atomic mass is 9.93. The Morgan fingerprint density at radius 1 is 1.19 bits per heavy atom. The Kier molecular flexibility index (Phi) is 4.15. The van der Waals surface area contributed by atoms with Gasteiger partial charge in [0.2, 0.25) is 5.91 Å². The van der Waals surface area contributed by atoms with E-state index in [0.717, 1.165) is 42.1 Å². The van der Waals surface area contributed by atoms with Crippen molar-refractivity contribution in [1.29, 1.82) is 0 Å². The average Bonchev–Trinajstić information content (AvgIpc) is 2.50. The number of hydrogen-bond donors (Lipinski definition) is 2. The predicted octanol–water partition coefficient (Wildman–Crippen LogP) is 2.20. The predicted molar refractivity (Wildman–Crippen MR) is 81.9 cm³/mol. The van der Waals surface area contributed by atoms with E-state index in [-0.39, 0.29) is 18.1 Å². The largest absolute Gasteiger partial charge is 0.393 e. The zero-order chi connectivity index (χ0) is 14.7. The van der Waals surface area contributed by atoms with E-state index in [2.05, 4.69) is 10.3 Å². The fraction of sp³-hybridized carbons (Fsp3) is 0.412. The molecule has 2 aromatic rings. The zero-order valence-corrected chi connectivity index (χ0v) is 12.0. The fourth-order valence-electron chi connectivity index (χ4n) is 2.98. The van der Waals surface area contributed by atoms with Gasteiger partial charge in [0.1, 0.15) is 0 Å². The first-order valence-electron chi connectivity index (χ1n) is 7.52. The zero-order valence-electron chi connectivity index (χ0n) is 12.0. The van der Waals surface area contributed by atoms with Crippen LogP contribution in [0.4, 0.5) is 0 Å². The summed E-state index contributed by atoms with van der Waals surface area (Å²) >= 11 is 0. The van der Waals surface area contributed by atoms with Crippen LogP contribution in [0.15, 0.2) is 36.5 Å². The van der Waals surface area contributed by atoms with E-state index >= 15 is 0 Å². The van der Waals surface area contributed by atoms with Crippen LogP contribution in [0.5, 0.6) is 0 Å². The minimum atomic E-state index is -0.194. The van der Waals surface area contributed by atoms with E-state index < -0.39 is 0 Å². The van der Waals surface area contributed by atoms with Crippen molar-refractivity contribution in [2.24, 2.45) is 0 Å². The van der Waals surface area contributed by atoms with E-state index in [1.165, 1.54) is 0 Å². The fourth-order valence-corrected chi connectivity index (χ4v) is 2.98. The molecule has 3 rings (SSSR count). The highest BCUT2D eigenvalue weighted by Gasteiger charge is 2.21. The number of nitrogens with zero attached hydrogens (tertiary/aromatic N) is 1. The molecule has 4 nitrogen and oxygen atoms in total. The van der Waals surface area contributed by atoms with E-state index in [9.17, 15) is 9.90 Å². The van der Waals surface area contributed by atoms with Crippen molar-refractivity contribution in [3.8, 4) is 0 Å². The maximum atomic E-state index is 12.2. The van der Waals surface area contributed by atoms with Gasteiger partial charge >= 0.3 is 0 Å². The van der Waals surface area contributed by atoms with Crippen LogP contribution in [0.2, 0.25) is 0 Å². The van der Waals surface area contributed by atoms with Gasteiger partial charge in [-0.2, -0.15) is 0 Å². The highest BCUT2D eigenvalue weighted by Crippen LogP contribution is 2.19. The summed E-state index contributed by atoms with van der Waals surface area (Å²) in [4.78, 5) is 16.6. The first kappa shape index (κ1) is 14.0. The summed E-state index contributed by atoms with van der Waals surface area (Å²) in [6, 6.07) is 10.0. The molecular formula is C17H20N2O2. The summed E-state index contributed by atoms with van der Waals surface area (Å²) in [6.45, 7) is 0. The maximum Gasteiger partial charge on any atom is 0.224 e. The molecule has 0 atom stereocenters. The number of hydrogen-bond acceptors (Lipinski definition) is 3. The molecule has 110 valence electrons. The Morgan fingerprint density at radius 2 is 1.95 bits per heavy atom. The molecule has 0 radical (unpaired) electrons. The van der Waals surface area contributed by atoms with Gasteiger partial charge in [-0.05, 0) is 37.3 Å². The number of amides is 1. The Bertz CT molecular complexity index is 628. The second-order valence-electron chi connectivity index (χ2n) is 5.74. The highest BCUT2D eigenvalue weighted by atomic mass is 16.3. The molecule has 1 aliphatic carbocycles. The summed E-state index contributed by atoms with van der Waals surface area (Å²) in [5, 5.41) is 13.6. The van der Waals surface area contributed by atoms with Gasteiger partial charge in [-0.25, -0.2) is 0 Å². The molecule has 0 spiro atoms. The minimum absolute atomic E-state index is 0.0366. The van der Waals surface area contributed by atoms with E-state index in [4.69, 9.17) is 0 Å².